The standard InChI is InChI=1S/C17H18BrNO3S2/c1-11-16(22-14-5-3-2-4-13(14)21-11)17(20)19-8-9-23-10-12-6-7-15(18)24-12/h2-7,11,16H,8-10H2,1H3,(H,19,20)/t11-,16+/m1/s1. The van der Waals surface area contributed by atoms with Crippen molar-refractivity contribution < 1.29 is 14.3 Å². The molecule has 0 spiro atoms. The summed E-state index contributed by atoms with van der Waals surface area (Å²) in [4.78, 5) is 13.7. The summed E-state index contributed by atoms with van der Waals surface area (Å²) in [6.45, 7) is 2.47. The van der Waals surface area contributed by atoms with E-state index in [4.69, 9.17) is 9.47 Å². The summed E-state index contributed by atoms with van der Waals surface area (Å²) in [6.07, 6.45) is -0.922. The minimum Gasteiger partial charge on any atom is -0.482 e. The molecule has 0 saturated heterocycles. The van der Waals surface area contributed by atoms with E-state index in [1.165, 1.54) is 4.88 Å². The molecule has 2 atom stereocenters. The fourth-order valence-corrected chi connectivity index (χ4v) is 4.81. The number of hydrogen-bond acceptors (Lipinski definition) is 5. The van der Waals surface area contributed by atoms with Gasteiger partial charge in [0, 0.05) is 22.9 Å². The first-order valence-corrected chi connectivity index (χ1v) is 10.4. The number of rotatable bonds is 6. The van der Waals surface area contributed by atoms with Gasteiger partial charge in [0.2, 0.25) is 6.10 Å². The van der Waals surface area contributed by atoms with Crippen molar-refractivity contribution in [3.63, 3.8) is 0 Å². The van der Waals surface area contributed by atoms with Crippen LogP contribution < -0.4 is 14.8 Å². The number of ether oxygens (including phenoxy) is 2. The van der Waals surface area contributed by atoms with E-state index in [1.54, 1.807) is 23.1 Å². The summed E-state index contributed by atoms with van der Waals surface area (Å²) in [5.41, 5.74) is 0. The molecular formula is C17H18BrNO3S2. The lowest BCUT2D eigenvalue weighted by Gasteiger charge is -2.31. The number of para-hydroxylation sites is 2. The minimum absolute atomic E-state index is 0.128. The van der Waals surface area contributed by atoms with Crippen LogP contribution in [0.3, 0.4) is 0 Å². The van der Waals surface area contributed by atoms with Gasteiger partial charge in [-0.3, -0.25) is 4.79 Å². The van der Waals surface area contributed by atoms with Gasteiger partial charge in [0.25, 0.3) is 5.91 Å². The number of thioether (sulfide) groups is 1. The second-order valence-corrected chi connectivity index (χ2v) is 9.01. The molecule has 0 unspecified atom stereocenters. The topological polar surface area (TPSA) is 47.6 Å². The Morgan fingerprint density at radius 2 is 2.00 bits per heavy atom. The van der Waals surface area contributed by atoms with Crippen molar-refractivity contribution in [1.82, 2.24) is 5.32 Å². The Labute approximate surface area is 158 Å². The average Bonchev–Trinajstić information content (AvgIpc) is 2.99. The third-order valence-electron chi connectivity index (χ3n) is 3.52. The molecule has 2 aromatic rings. The van der Waals surface area contributed by atoms with Crippen molar-refractivity contribution in [3.8, 4) is 11.5 Å². The number of fused-ring (bicyclic) bond motifs is 1. The lowest BCUT2D eigenvalue weighted by atomic mass is 10.1. The summed E-state index contributed by atoms with van der Waals surface area (Å²) in [5.74, 6) is 3.00. The summed E-state index contributed by atoms with van der Waals surface area (Å²) in [5, 5.41) is 2.93. The van der Waals surface area contributed by atoms with Gasteiger partial charge < -0.3 is 14.8 Å². The van der Waals surface area contributed by atoms with Crippen LogP contribution in [0.4, 0.5) is 0 Å². The number of hydrogen-bond donors (Lipinski definition) is 1. The summed E-state index contributed by atoms with van der Waals surface area (Å²) >= 11 is 7.00. The van der Waals surface area contributed by atoms with E-state index >= 15 is 0 Å². The van der Waals surface area contributed by atoms with E-state index in [9.17, 15) is 4.79 Å². The molecule has 1 aromatic carbocycles. The number of benzene rings is 1. The van der Waals surface area contributed by atoms with E-state index in [1.807, 2.05) is 31.2 Å². The van der Waals surface area contributed by atoms with Crippen molar-refractivity contribution in [2.24, 2.45) is 0 Å². The van der Waals surface area contributed by atoms with Crippen LogP contribution in [0.25, 0.3) is 0 Å². The molecule has 24 heavy (non-hydrogen) atoms. The maximum Gasteiger partial charge on any atom is 0.265 e. The first kappa shape index (κ1) is 17.6. The number of halogens is 1. The average molecular weight is 428 g/mol. The maximum atomic E-state index is 12.3. The van der Waals surface area contributed by atoms with Crippen LogP contribution in [0.2, 0.25) is 0 Å². The van der Waals surface area contributed by atoms with Gasteiger partial charge in [-0.25, -0.2) is 0 Å². The number of carbonyl (C=O) groups excluding carboxylic acids is 1. The Balaban J connectivity index is 1.42. The van der Waals surface area contributed by atoms with E-state index in [0.717, 1.165) is 15.3 Å². The van der Waals surface area contributed by atoms with E-state index in [-0.39, 0.29) is 12.0 Å². The first-order chi connectivity index (χ1) is 11.6. The Morgan fingerprint density at radius 3 is 2.71 bits per heavy atom. The quantitative estimate of drug-likeness (QED) is 0.705. The van der Waals surface area contributed by atoms with Crippen LogP contribution in [0.1, 0.15) is 11.8 Å². The zero-order valence-corrected chi connectivity index (χ0v) is 16.4. The number of carbonyl (C=O) groups is 1. The monoisotopic (exact) mass is 427 g/mol. The van der Waals surface area contributed by atoms with Gasteiger partial charge in [-0.15, -0.1) is 11.3 Å². The molecular weight excluding hydrogens is 410 g/mol. The highest BCUT2D eigenvalue weighted by Crippen LogP contribution is 2.33. The third kappa shape index (κ3) is 4.46. The number of thiophene rings is 1. The molecule has 1 aromatic heterocycles. The van der Waals surface area contributed by atoms with Gasteiger partial charge >= 0.3 is 0 Å². The highest BCUT2D eigenvalue weighted by molar-refractivity contribution is 9.11. The second kappa shape index (κ2) is 8.27. The highest BCUT2D eigenvalue weighted by atomic mass is 79.9. The molecule has 1 N–H and O–H groups in total. The van der Waals surface area contributed by atoms with Crippen molar-refractivity contribution >= 4 is 44.9 Å². The van der Waals surface area contributed by atoms with Crippen LogP contribution in [0, 0.1) is 0 Å². The first-order valence-electron chi connectivity index (χ1n) is 7.65. The Morgan fingerprint density at radius 1 is 1.25 bits per heavy atom. The molecule has 0 saturated carbocycles. The molecule has 0 radical (unpaired) electrons. The lowest BCUT2D eigenvalue weighted by Crippen LogP contribution is -2.49. The maximum absolute atomic E-state index is 12.3. The summed E-state index contributed by atoms with van der Waals surface area (Å²) in [7, 11) is 0. The van der Waals surface area contributed by atoms with Crippen molar-refractivity contribution in [2.75, 3.05) is 12.3 Å². The SMILES string of the molecule is C[C@H]1Oc2ccccc2O[C@@H]1C(=O)NCCSCc1ccc(Br)s1. The Bertz CT molecular complexity index is 707. The lowest BCUT2D eigenvalue weighted by molar-refractivity contribution is -0.133. The van der Waals surface area contributed by atoms with Gasteiger partial charge in [0.15, 0.2) is 11.5 Å². The zero-order valence-electron chi connectivity index (χ0n) is 13.2. The molecule has 0 bridgehead atoms. The van der Waals surface area contributed by atoms with Crippen molar-refractivity contribution in [2.45, 2.75) is 24.9 Å². The van der Waals surface area contributed by atoms with Gasteiger partial charge in [-0.2, -0.15) is 11.8 Å². The molecule has 128 valence electrons. The molecule has 2 heterocycles. The zero-order chi connectivity index (χ0) is 16.9. The smallest absolute Gasteiger partial charge is 0.265 e. The third-order valence-corrected chi connectivity index (χ3v) is 6.33. The van der Waals surface area contributed by atoms with E-state index in [0.29, 0.717) is 18.0 Å². The largest absolute Gasteiger partial charge is 0.482 e. The summed E-state index contributed by atoms with van der Waals surface area (Å²) in [6, 6.07) is 11.6. The van der Waals surface area contributed by atoms with Crippen molar-refractivity contribution in [1.29, 1.82) is 0 Å². The fraction of sp³-hybridized carbons (Fsp3) is 0.353. The van der Waals surface area contributed by atoms with Crippen LogP contribution in [0.15, 0.2) is 40.2 Å². The fourth-order valence-electron chi connectivity index (χ4n) is 2.36. The van der Waals surface area contributed by atoms with Crippen LogP contribution >= 0.6 is 39.0 Å². The molecule has 3 rings (SSSR count). The Kier molecular flexibility index (Phi) is 6.08. The normalized spacial score (nSPS) is 19.1. The molecule has 1 aliphatic rings. The molecule has 1 aliphatic heterocycles. The molecule has 0 aliphatic carbocycles. The van der Waals surface area contributed by atoms with Gasteiger partial charge in [-0.1, -0.05) is 12.1 Å². The minimum atomic E-state index is -0.613. The number of nitrogens with one attached hydrogen (secondary N) is 1. The van der Waals surface area contributed by atoms with Crippen LogP contribution in [-0.4, -0.2) is 30.4 Å². The highest BCUT2D eigenvalue weighted by Gasteiger charge is 2.33. The van der Waals surface area contributed by atoms with E-state index in [2.05, 4.69) is 33.4 Å². The van der Waals surface area contributed by atoms with E-state index < -0.39 is 6.10 Å². The predicted octanol–water partition coefficient (Wildman–Crippen LogP) is 4.09. The van der Waals surface area contributed by atoms with Crippen molar-refractivity contribution in [3.05, 3.63) is 45.1 Å². The van der Waals surface area contributed by atoms with Gasteiger partial charge in [-0.05, 0) is 47.1 Å². The number of amides is 1. The van der Waals surface area contributed by atoms with Crippen LogP contribution in [0.5, 0.6) is 11.5 Å². The molecule has 7 heteroatoms. The molecule has 4 nitrogen and oxygen atoms in total. The molecule has 1 amide bonds. The predicted molar refractivity (Wildman–Crippen MR) is 102 cm³/mol. The van der Waals surface area contributed by atoms with Gasteiger partial charge in [0.1, 0.15) is 6.10 Å². The van der Waals surface area contributed by atoms with Crippen LogP contribution in [-0.2, 0) is 10.5 Å². The summed E-state index contributed by atoms with van der Waals surface area (Å²) < 4.78 is 12.7. The molecule has 0 fully saturated rings. The second-order valence-electron chi connectivity index (χ2n) is 5.36. The van der Waals surface area contributed by atoms with Gasteiger partial charge in [0.05, 0.1) is 3.79 Å². The Hall–Kier alpha value is -1.18.